The van der Waals surface area contributed by atoms with Gasteiger partial charge in [-0.05, 0) is 81.9 Å². The summed E-state index contributed by atoms with van der Waals surface area (Å²) in [5.41, 5.74) is 12.6. The van der Waals surface area contributed by atoms with Gasteiger partial charge in [0.1, 0.15) is 0 Å². The molecule has 238 valence electrons. The maximum atomic E-state index is 5.34. The lowest BCUT2D eigenvalue weighted by Gasteiger charge is -2.33. The molecule has 2 aliphatic rings. The summed E-state index contributed by atoms with van der Waals surface area (Å²) >= 11 is 1.83. The number of anilines is 3. The molecule has 0 spiro atoms. The van der Waals surface area contributed by atoms with Crippen molar-refractivity contribution in [3.63, 3.8) is 0 Å². The van der Waals surface area contributed by atoms with E-state index in [4.69, 9.17) is 9.98 Å². The standard InChI is InChI=1S/C46H33N3S/c1-3-13-32(14-4-1)35-17-11-19-37(29-35)41-31-40(47-46(48-41)38-20-12-18-36(30-38)33-15-5-2-6-16-33)34-25-27-39(28-26-34)49-42-21-7-9-23-44(42)50-45-24-10-8-22-43(45)49/h1-30,40H,31H2. The third-order valence-corrected chi connectivity index (χ3v) is 10.5. The molecule has 4 heteroatoms. The van der Waals surface area contributed by atoms with E-state index in [1.54, 1.807) is 0 Å². The first kappa shape index (κ1) is 30.1. The van der Waals surface area contributed by atoms with E-state index < -0.39 is 0 Å². The third kappa shape index (κ3) is 5.84. The number of hydrogen-bond acceptors (Lipinski definition) is 4. The summed E-state index contributed by atoms with van der Waals surface area (Å²) in [4.78, 5) is 15.5. The molecule has 1 unspecified atom stereocenters. The second kappa shape index (κ2) is 13.1. The van der Waals surface area contributed by atoms with Gasteiger partial charge in [0.05, 0.1) is 23.1 Å². The highest BCUT2D eigenvalue weighted by atomic mass is 32.2. The molecule has 0 N–H and O–H groups in total. The lowest BCUT2D eigenvalue weighted by Crippen LogP contribution is -2.18. The van der Waals surface area contributed by atoms with E-state index in [1.165, 1.54) is 43.4 Å². The van der Waals surface area contributed by atoms with Crippen LogP contribution >= 0.6 is 11.8 Å². The normalized spacial score (nSPS) is 15.0. The average Bonchev–Trinajstić information content (AvgIpc) is 3.20. The van der Waals surface area contributed by atoms with E-state index in [1.807, 2.05) is 11.8 Å². The Morgan fingerprint density at radius 1 is 0.460 bits per heavy atom. The van der Waals surface area contributed by atoms with Crippen molar-refractivity contribution in [1.82, 2.24) is 0 Å². The van der Waals surface area contributed by atoms with E-state index in [-0.39, 0.29) is 6.04 Å². The Balaban J connectivity index is 1.11. The van der Waals surface area contributed by atoms with E-state index in [0.29, 0.717) is 6.42 Å². The molecule has 9 rings (SSSR count). The minimum atomic E-state index is -0.0798. The SMILES string of the molecule is c1ccc(-c2cccc(C3=NC(c4cccc(-c5ccccc5)c4)=NC(c4ccc(N5c6ccccc6Sc6ccccc65)cc4)C3)c2)cc1. The summed E-state index contributed by atoms with van der Waals surface area (Å²) in [7, 11) is 0. The zero-order chi connectivity index (χ0) is 33.3. The first-order chi connectivity index (χ1) is 24.8. The first-order valence-corrected chi connectivity index (χ1v) is 17.8. The molecule has 0 aliphatic carbocycles. The number of fused-ring (bicyclic) bond motifs is 2. The third-order valence-electron chi connectivity index (χ3n) is 9.40. The Hall–Kier alpha value is -5.97. The van der Waals surface area contributed by atoms with Crippen LogP contribution in [0.2, 0.25) is 0 Å². The Kier molecular flexibility index (Phi) is 7.92. The molecule has 7 aromatic carbocycles. The van der Waals surface area contributed by atoms with Crippen LogP contribution in [0.3, 0.4) is 0 Å². The highest BCUT2D eigenvalue weighted by molar-refractivity contribution is 7.99. The van der Waals surface area contributed by atoms with Crippen LogP contribution < -0.4 is 4.90 Å². The smallest absolute Gasteiger partial charge is 0.155 e. The predicted molar refractivity (Wildman–Crippen MR) is 209 cm³/mol. The van der Waals surface area contributed by atoms with Crippen LogP contribution in [0.1, 0.15) is 29.2 Å². The fourth-order valence-corrected chi connectivity index (χ4v) is 7.96. The highest BCUT2D eigenvalue weighted by Crippen LogP contribution is 2.51. The van der Waals surface area contributed by atoms with E-state index >= 15 is 0 Å². The van der Waals surface area contributed by atoms with Gasteiger partial charge in [-0.25, -0.2) is 4.99 Å². The van der Waals surface area contributed by atoms with Crippen molar-refractivity contribution in [3.8, 4) is 22.3 Å². The number of aliphatic imine (C=N–C) groups is 2. The van der Waals surface area contributed by atoms with Crippen molar-refractivity contribution in [2.24, 2.45) is 9.98 Å². The van der Waals surface area contributed by atoms with Gasteiger partial charge in [-0.3, -0.25) is 4.99 Å². The molecular formula is C46H33N3S. The van der Waals surface area contributed by atoms with E-state index in [0.717, 1.165) is 33.9 Å². The van der Waals surface area contributed by atoms with Crippen LogP contribution in [-0.2, 0) is 0 Å². The molecular weight excluding hydrogens is 627 g/mol. The minimum absolute atomic E-state index is 0.0798. The summed E-state index contributed by atoms with van der Waals surface area (Å²) in [5.74, 6) is 0.763. The lowest BCUT2D eigenvalue weighted by molar-refractivity contribution is 0.753. The summed E-state index contributed by atoms with van der Waals surface area (Å²) in [6.07, 6.45) is 0.714. The molecule has 0 radical (unpaired) electrons. The van der Waals surface area contributed by atoms with Gasteiger partial charge >= 0.3 is 0 Å². The Labute approximate surface area is 297 Å². The van der Waals surface area contributed by atoms with Crippen LogP contribution in [0.25, 0.3) is 22.3 Å². The maximum Gasteiger partial charge on any atom is 0.155 e. The molecule has 2 heterocycles. The van der Waals surface area contributed by atoms with Gasteiger partial charge in [0.25, 0.3) is 0 Å². The molecule has 0 fully saturated rings. The summed E-state index contributed by atoms with van der Waals surface area (Å²) in [6, 6.07) is 64.6. The molecule has 2 aliphatic heterocycles. The maximum absolute atomic E-state index is 5.34. The lowest BCUT2D eigenvalue weighted by atomic mass is 9.93. The molecule has 7 aromatic rings. The Morgan fingerprint density at radius 3 is 1.58 bits per heavy atom. The van der Waals surface area contributed by atoms with Crippen molar-refractivity contribution in [1.29, 1.82) is 0 Å². The van der Waals surface area contributed by atoms with Crippen LogP contribution in [-0.4, -0.2) is 11.5 Å². The van der Waals surface area contributed by atoms with E-state index in [9.17, 15) is 0 Å². The van der Waals surface area contributed by atoms with E-state index in [2.05, 4.69) is 187 Å². The van der Waals surface area contributed by atoms with Crippen LogP contribution in [0, 0.1) is 0 Å². The first-order valence-electron chi connectivity index (χ1n) is 17.0. The molecule has 0 saturated heterocycles. The number of nitrogens with zero attached hydrogens (tertiary/aromatic N) is 3. The average molecular weight is 660 g/mol. The van der Waals surface area contributed by atoms with Crippen LogP contribution in [0.4, 0.5) is 17.1 Å². The largest absolute Gasteiger partial charge is 0.308 e. The van der Waals surface area contributed by atoms with Gasteiger partial charge in [-0.2, -0.15) is 0 Å². The summed E-state index contributed by atoms with van der Waals surface area (Å²) < 4.78 is 0. The zero-order valence-corrected chi connectivity index (χ0v) is 28.2. The zero-order valence-electron chi connectivity index (χ0n) is 27.4. The van der Waals surface area contributed by atoms with Crippen molar-refractivity contribution < 1.29 is 0 Å². The molecule has 50 heavy (non-hydrogen) atoms. The topological polar surface area (TPSA) is 28.0 Å². The van der Waals surface area contributed by atoms with Gasteiger partial charge in [-0.15, -0.1) is 0 Å². The summed E-state index contributed by atoms with van der Waals surface area (Å²) in [5, 5.41) is 0. The van der Waals surface area contributed by atoms with Gasteiger partial charge in [0.2, 0.25) is 0 Å². The van der Waals surface area contributed by atoms with Crippen LogP contribution in [0.5, 0.6) is 0 Å². The number of benzene rings is 7. The quantitative estimate of drug-likeness (QED) is 0.178. The molecule has 1 atom stereocenters. The Bertz CT molecular complexity index is 2330. The van der Waals surface area contributed by atoms with Gasteiger partial charge in [0.15, 0.2) is 5.84 Å². The molecule has 0 saturated carbocycles. The second-order valence-corrected chi connectivity index (χ2v) is 13.7. The highest BCUT2D eigenvalue weighted by Gasteiger charge is 2.26. The second-order valence-electron chi connectivity index (χ2n) is 12.6. The van der Waals surface area contributed by atoms with Gasteiger partial charge in [-0.1, -0.05) is 145 Å². The number of para-hydroxylation sites is 2. The fraction of sp³-hybridized carbons (Fsp3) is 0.0435. The van der Waals surface area contributed by atoms with Crippen molar-refractivity contribution in [2.75, 3.05) is 4.90 Å². The number of rotatable bonds is 6. The van der Waals surface area contributed by atoms with Gasteiger partial charge < -0.3 is 4.90 Å². The minimum Gasteiger partial charge on any atom is -0.308 e. The number of hydrogen-bond donors (Lipinski definition) is 0. The Morgan fingerprint density at radius 2 is 0.960 bits per heavy atom. The molecule has 3 nitrogen and oxygen atoms in total. The van der Waals surface area contributed by atoms with Gasteiger partial charge in [0, 0.05) is 27.5 Å². The fourth-order valence-electron chi connectivity index (χ4n) is 6.90. The molecule has 0 bridgehead atoms. The van der Waals surface area contributed by atoms with Crippen molar-refractivity contribution >= 4 is 40.4 Å². The van der Waals surface area contributed by atoms with Crippen molar-refractivity contribution in [2.45, 2.75) is 22.3 Å². The predicted octanol–water partition coefficient (Wildman–Crippen LogP) is 12.3. The van der Waals surface area contributed by atoms with Crippen LogP contribution in [0.15, 0.2) is 202 Å². The molecule has 0 amide bonds. The monoisotopic (exact) mass is 659 g/mol. The van der Waals surface area contributed by atoms with Crippen molar-refractivity contribution in [3.05, 3.63) is 199 Å². The molecule has 0 aromatic heterocycles. The number of amidine groups is 1. The summed E-state index contributed by atoms with van der Waals surface area (Å²) in [6.45, 7) is 0.